The van der Waals surface area contributed by atoms with Gasteiger partial charge < -0.3 is 14.5 Å². The number of nitrogens with zero attached hydrogens (tertiary/aromatic N) is 4. The Morgan fingerprint density at radius 2 is 1.88 bits per heavy atom. The lowest BCUT2D eigenvalue weighted by molar-refractivity contribution is 0.102. The molecular formula is C23H21Cl2N5O3. The van der Waals surface area contributed by atoms with Crippen LogP contribution in [-0.4, -0.2) is 25.9 Å². The molecule has 1 amide bonds. The maximum atomic E-state index is 12.4. The number of halogens is 2. The average molecular weight is 486 g/mol. The lowest BCUT2D eigenvalue weighted by Crippen LogP contribution is -2.13. The highest BCUT2D eigenvalue weighted by molar-refractivity contribution is 6.39. The molecule has 2 aromatic heterocycles. The van der Waals surface area contributed by atoms with Gasteiger partial charge in [0, 0.05) is 12.7 Å². The molecule has 0 spiro atoms. The number of nitrogens with one attached hydrogen (secondary N) is 1. The Bertz CT molecular complexity index is 1170. The first-order valence-electron chi connectivity index (χ1n) is 10.3. The third kappa shape index (κ3) is 6.34. The lowest BCUT2D eigenvalue weighted by atomic mass is 10.1. The van der Waals surface area contributed by atoms with Gasteiger partial charge in [0.25, 0.3) is 5.91 Å². The number of aryl methyl sites for hydroxylation is 2. The molecular weight excluding hydrogens is 465 g/mol. The van der Waals surface area contributed by atoms with Gasteiger partial charge in [-0.1, -0.05) is 46.6 Å². The minimum Gasteiger partial charge on any atom is -0.484 e. The van der Waals surface area contributed by atoms with Gasteiger partial charge in [-0.25, -0.2) is 4.98 Å². The number of oxazole rings is 1. The van der Waals surface area contributed by atoms with Crippen LogP contribution in [0.5, 0.6) is 5.75 Å². The molecule has 4 rings (SSSR count). The van der Waals surface area contributed by atoms with Crippen molar-refractivity contribution in [3.8, 4) is 5.75 Å². The van der Waals surface area contributed by atoms with Gasteiger partial charge in [-0.3, -0.25) is 9.48 Å². The monoisotopic (exact) mass is 485 g/mol. The third-order valence-electron chi connectivity index (χ3n) is 4.85. The molecule has 2 heterocycles. The van der Waals surface area contributed by atoms with E-state index in [1.165, 1.54) is 11.8 Å². The Morgan fingerprint density at radius 3 is 2.61 bits per heavy atom. The SMILES string of the molecule is O=C(Nc1c(Cl)cccc1Cl)c1coc(COc2ccc(CCCCn3ccnn3)cc2)n1. The fourth-order valence-corrected chi connectivity index (χ4v) is 3.62. The first-order chi connectivity index (χ1) is 16.1. The molecule has 0 aliphatic heterocycles. The molecule has 0 radical (unpaired) electrons. The minimum atomic E-state index is -0.479. The summed E-state index contributed by atoms with van der Waals surface area (Å²) in [6.07, 6.45) is 7.88. The van der Waals surface area contributed by atoms with Crippen molar-refractivity contribution < 1.29 is 13.9 Å². The standard InChI is InChI=1S/C23H21Cl2N5O3/c24-18-5-3-6-19(25)22(18)28-23(31)20-14-33-21(27-20)15-32-17-9-7-16(8-10-17)4-1-2-12-30-13-11-26-29-30/h3,5-11,13-14H,1-2,4,12,15H2,(H,28,31). The highest BCUT2D eigenvalue weighted by Gasteiger charge is 2.16. The number of carbonyl (C=O) groups excluding carboxylic acids is 1. The normalized spacial score (nSPS) is 10.8. The van der Waals surface area contributed by atoms with Crippen molar-refractivity contribution in [2.24, 2.45) is 0 Å². The molecule has 0 atom stereocenters. The summed E-state index contributed by atoms with van der Waals surface area (Å²) >= 11 is 12.2. The molecule has 0 bridgehead atoms. The molecule has 0 unspecified atom stereocenters. The molecule has 4 aromatic rings. The summed E-state index contributed by atoms with van der Waals surface area (Å²) in [5, 5.41) is 11.1. The van der Waals surface area contributed by atoms with Gasteiger partial charge in [-0.2, -0.15) is 0 Å². The van der Waals surface area contributed by atoms with Gasteiger partial charge in [0.05, 0.1) is 21.9 Å². The van der Waals surface area contributed by atoms with Crippen LogP contribution in [0.25, 0.3) is 0 Å². The van der Waals surface area contributed by atoms with E-state index in [0.717, 1.165) is 25.8 Å². The summed E-state index contributed by atoms with van der Waals surface area (Å²) in [4.78, 5) is 16.6. The number of carbonyl (C=O) groups is 1. The second-order valence-corrected chi connectivity index (χ2v) is 8.05. The van der Waals surface area contributed by atoms with Crippen LogP contribution in [0.1, 0.15) is 34.8 Å². The Hall–Kier alpha value is -3.36. The molecule has 2 aromatic carbocycles. The van der Waals surface area contributed by atoms with Gasteiger partial charge in [0.15, 0.2) is 12.3 Å². The predicted molar refractivity (Wildman–Crippen MR) is 125 cm³/mol. The maximum absolute atomic E-state index is 12.4. The van der Waals surface area contributed by atoms with Crippen LogP contribution in [0.15, 0.2) is 65.5 Å². The van der Waals surface area contributed by atoms with E-state index in [1.54, 1.807) is 24.4 Å². The molecule has 10 heteroatoms. The Kier molecular flexibility index (Phi) is 7.59. The van der Waals surface area contributed by atoms with E-state index in [1.807, 2.05) is 35.1 Å². The second kappa shape index (κ2) is 11.0. The van der Waals surface area contributed by atoms with Crippen molar-refractivity contribution >= 4 is 34.8 Å². The van der Waals surface area contributed by atoms with Crippen molar-refractivity contribution in [1.82, 2.24) is 20.0 Å². The van der Waals surface area contributed by atoms with Gasteiger partial charge >= 0.3 is 0 Å². The summed E-state index contributed by atoms with van der Waals surface area (Å²) in [5.41, 5.74) is 1.66. The Balaban J connectivity index is 1.23. The van der Waals surface area contributed by atoms with Crippen molar-refractivity contribution in [3.05, 3.63) is 88.3 Å². The van der Waals surface area contributed by atoms with E-state index in [9.17, 15) is 4.79 Å². The van der Waals surface area contributed by atoms with Crippen LogP contribution in [0.2, 0.25) is 10.0 Å². The van der Waals surface area contributed by atoms with Crippen molar-refractivity contribution in [2.75, 3.05) is 5.32 Å². The molecule has 0 saturated heterocycles. The number of para-hydroxylation sites is 1. The van der Waals surface area contributed by atoms with Crippen molar-refractivity contribution in [3.63, 3.8) is 0 Å². The van der Waals surface area contributed by atoms with Gasteiger partial charge in [0.2, 0.25) is 5.89 Å². The van der Waals surface area contributed by atoms with Gasteiger partial charge in [-0.05, 0) is 49.1 Å². The zero-order valence-electron chi connectivity index (χ0n) is 17.6. The lowest BCUT2D eigenvalue weighted by Gasteiger charge is -2.07. The zero-order valence-corrected chi connectivity index (χ0v) is 19.1. The number of aromatic nitrogens is 4. The molecule has 0 fully saturated rings. The number of anilines is 1. The number of hydrogen-bond donors (Lipinski definition) is 1. The molecule has 170 valence electrons. The number of hydrogen-bond acceptors (Lipinski definition) is 6. The number of ether oxygens (including phenoxy) is 1. The van der Waals surface area contributed by atoms with E-state index < -0.39 is 5.91 Å². The summed E-state index contributed by atoms with van der Waals surface area (Å²) in [6, 6.07) is 12.8. The zero-order chi connectivity index (χ0) is 23.0. The first-order valence-corrected chi connectivity index (χ1v) is 11.1. The quantitative estimate of drug-likeness (QED) is 0.301. The number of benzene rings is 2. The predicted octanol–water partition coefficient (Wildman–Crippen LogP) is 5.43. The topological polar surface area (TPSA) is 95.1 Å². The maximum Gasteiger partial charge on any atom is 0.277 e. The van der Waals surface area contributed by atoms with Crippen LogP contribution in [0.4, 0.5) is 5.69 Å². The highest BCUT2D eigenvalue weighted by atomic mass is 35.5. The molecule has 0 aliphatic rings. The third-order valence-corrected chi connectivity index (χ3v) is 5.48. The number of unbranched alkanes of at least 4 members (excludes halogenated alkanes) is 1. The van der Waals surface area contributed by atoms with Crippen LogP contribution < -0.4 is 10.1 Å². The Labute approximate surface area is 200 Å². The van der Waals surface area contributed by atoms with E-state index >= 15 is 0 Å². The molecule has 0 saturated carbocycles. The summed E-state index contributed by atoms with van der Waals surface area (Å²) < 4.78 is 12.9. The first kappa shape index (κ1) is 22.8. The highest BCUT2D eigenvalue weighted by Crippen LogP contribution is 2.30. The second-order valence-electron chi connectivity index (χ2n) is 7.23. The Morgan fingerprint density at radius 1 is 1.09 bits per heavy atom. The minimum absolute atomic E-state index is 0.0946. The van der Waals surface area contributed by atoms with Crippen molar-refractivity contribution in [2.45, 2.75) is 32.4 Å². The number of rotatable bonds is 10. The molecule has 0 aliphatic carbocycles. The smallest absolute Gasteiger partial charge is 0.277 e. The molecule has 1 N–H and O–H groups in total. The fourth-order valence-electron chi connectivity index (χ4n) is 3.13. The van der Waals surface area contributed by atoms with E-state index in [-0.39, 0.29) is 18.2 Å². The van der Waals surface area contributed by atoms with E-state index in [2.05, 4.69) is 20.6 Å². The van der Waals surface area contributed by atoms with Crippen LogP contribution in [-0.2, 0) is 19.6 Å². The summed E-state index contributed by atoms with van der Waals surface area (Å²) in [7, 11) is 0. The summed E-state index contributed by atoms with van der Waals surface area (Å²) in [6.45, 7) is 0.958. The van der Waals surface area contributed by atoms with Gasteiger partial charge in [0.1, 0.15) is 12.0 Å². The molecule has 8 nitrogen and oxygen atoms in total. The van der Waals surface area contributed by atoms with E-state index in [4.69, 9.17) is 32.4 Å². The van der Waals surface area contributed by atoms with Crippen LogP contribution >= 0.6 is 23.2 Å². The molecule has 33 heavy (non-hydrogen) atoms. The largest absolute Gasteiger partial charge is 0.484 e. The number of amides is 1. The van der Waals surface area contributed by atoms with Crippen molar-refractivity contribution in [1.29, 1.82) is 0 Å². The summed E-state index contributed by atoms with van der Waals surface area (Å²) in [5.74, 6) is 0.490. The van der Waals surface area contributed by atoms with E-state index in [0.29, 0.717) is 21.5 Å². The average Bonchev–Trinajstić information content (AvgIpc) is 3.51. The fraction of sp³-hybridized carbons (Fsp3) is 0.217. The van der Waals surface area contributed by atoms with Gasteiger partial charge in [-0.15, -0.1) is 5.10 Å². The van der Waals surface area contributed by atoms with Crippen LogP contribution in [0, 0.1) is 0 Å². The van der Waals surface area contributed by atoms with Crippen LogP contribution in [0.3, 0.4) is 0 Å².